The summed E-state index contributed by atoms with van der Waals surface area (Å²) in [4.78, 5) is 30.2. The summed E-state index contributed by atoms with van der Waals surface area (Å²) in [6.07, 6.45) is 2.41. The fraction of sp³-hybridized carbons (Fsp3) is 0.625. The first-order valence-corrected chi connectivity index (χ1v) is 7.84. The maximum absolute atomic E-state index is 11.3. The number of aromatic nitrogens is 4. The number of fused-ring (bicyclic) bond motifs is 1. The molecule has 3 heterocycles. The summed E-state index contributed by atoms with van der Waals surface area (Å²) in [5, 5.41) is 0. The van der Waals surface area contributed by atoms with Crippen molar-refractivity contribution in [1.82, 2.24) is 19.9 Å². The van der Waals surface area contributed by atoms with E-state index in [1.807, 2.05) is 6.92 Å². The topological polar surface area (TPSA) is 84.0 Å². The lowest BCUT2D eigenvalue weighted by atomic mass is 9.96. The maximum Gasteiger partial charge on any atom is 0.303 e. The zero-order chi connectivity index (χ0) is 16.8. The van der Waals surface area contributed by atoms with Crippen LogP contribution >= 0.6 is 0 Å². The molecule has 7 heteroatoms. The van der Waals surface area contributed by atoms with E-state index in [4.69, 9.17) is 9.72 Å². The summed E-state index contributed by atoms with van der Waals surface area (Å²) in [5.41, 5.74) is 0.845. The van der Waals surface area contributed by atoms with Crippen molar-refractivity contribution < 1.29 is 9.53 Å². The van der Waals surface area contributed by atoms with E-state index in [-0.39, 0.29) is 11.4 Å². The summed E-state index contributed by atoms with van der Waals surface area (Å²) >= 11 is 0. The van der Waals surface area contributed by atoms with Gasteiger partial charge in [-0.1, -0.05) is 20.8 Å². The van der Waals surface area contributed by atoms with Crippen LogP contribution in [0.25, 0.3) is 11.2 Å². The van der Waals surface area contributed by atoms with Gasteiger partial charge in [0, 0.05) is 25.3 Å². The second-order valence-corrected chi connectivity index (χ2v) is 7.44. The minimum Gasteiger partial charge on any atom is -0.458 e. The number of rotatable bonds is 2. The van der Waals surface area contributed by atoms with Gasteiger partial charge < -0.3 is 14.6 Å². The van der Waals surface area contributed by atoms with Crippen LogP contribution in [0.3, 0.4) is 0 Å². The van der Waals surface area contributed by atoms with Gasteiger partial charge in [-0.2, -0.15) is 0 Å². The number of aromatic amines is 1. The van der Waals surface area contributed by atoms with E-state index < -0.39 is 5.60 Å². The van der Waals surface area contributed by atoms with E-state index in [0.717, 1.165) is 30.1 Å². The molecule has 1 atom stereocenters. The van der Waals surface area contributed by atoms with Crippen LogP contribution < -0.4 is 4.90 Å². The molecule has 0 spiro atoms. The Bertz CT molecular complexity index is 748. The lowest BCUT2D eigenvalue weighted by Crippen LogP contribution is -2.35. The first-order valence-electron chi connectivity index (χ1n) is 7.84. The van der Waals surface area contributed by atoms with Crippen molar-refractivity contribution in [2.45, 2.75) is 52.1 Å². The number of nitrogens with zero attached hydrogens (tertiary/aromatic N) is 4. The largest absolute Gasteiger partial charge is 0.458 e. The van der Waals surface area contributed by atoms with Gasteiger partial charge in [-0.3, -0.25) is 4.79 Å². The first-order chi connectivity index (χ1) is 10.7. The van der Waals surface area contributed by atoms with Crippen LogP contribution in [0.2, 0.25) is 0 Å². The molecule has 0 amide bonds. The number of hydrogen-bond donors (Lipinski definition) is 1. The van der Waals surface area contributed by atoms with E-state index in [0.29, 0.717) is 12.2 Å². The quantitative estimate of drug-likeness (QED) is 0.855. The van der Waals surface area contributed by atoms with Crippen molar-refractivity contribution in [3.63, 3.8) is 0 Å². The number of carbonyl (C=O) groups excluding carboxylic acids is 1. The molecule has 2 aromatic heterocycles. The molecule has 1 aliphatic heterocycles. The summed E-state index contributed by atoms with van der Waals surface area (Å²) in [5.74, 6) is 1.33. The Morgan fingerprint density at radius 1 is 1.39 bits per heavy atom. The van der Waals surface area contributed by atoms with Crippen molar-refractivity contribution in [3.05, 3.63) is 12.2 Å². The number of nitrogens with one attached hydrogen (secondary N) is 1. The Morgan fingerprint density at radius 3 is 2.78 bits per heavy atom. The fourth-order valence-electron chi connectivity index (χ4n) is 2.93. The highest BCUT2D eigenvalue weighted by Crippen LogP contribution is 2.32. The van der Waals surface area contributed by atoms with Crippen LogP contribution in [0, 0.1) is 0 Å². The standard InChI is InChI=1S/C16H23N5O2/c1-10(22)23-16(5)6-7-21(8-16)13-11-12(18-9-17-11)19-14(20-13)15(2,3)4/h9H,6-8H2,1-5H3,(H,17,18,19,20). The molecule has 0 aromatic carbocycles. The monoisotopic (exact) mass is 317 g/mol. The Morgan fingerprint density at radius 2 is 2.13 bits per heavy atom. The molecule has 0 bridgehead atoms. The second kappa shape index (κ2) is 5.18. The van der Waals surface area contributed by atoms with Crippen molar-refractivity contribution in [2.24, 2.45) is 0 Å². The lowest BCUT2D eigenvalue weighted by molar-refractivity contribution is -0.153. The van der Waals surface area contributed by atoms with Crippen molar-refractivity contribution in [2.75, 3.05) is 18.0 Å². The molecule has 1 unspecified atom stereocenters. The van der Waals surface area contributed by atoms with Crippen LogP contribution in [0.15, 0.2) is 6.33 Å². The van der Waals surface area contributed by atoms with Crippen LogP contribution in [0.1, 0.15) is 46.9 Å². The third kappa shape index (κ3) is 3.00. The first kappa shape index (κ1) is 15.7. The average molecular weight is 317 g/mol. The predicted octanol–water partition coefficient (Wildman–Crippen LogP) is 2.18. The zero-order valence-corrected chi connectivity index (χ0v) is 14.3. The van der Waals surface area contributed by atoms with Crippen molar-refractivity contribution in [3.8, 4) is 0 Å². The van der Waals surface area contributed by atoms with E-state index in [9.17, 15) is 4.79 Å². The summed E-state index contributed by atoms with van der Waals surface area (Å²) in [6.45, 7) is 11.0. The molecule has 124 valence electrons. The van der Waals surface area contributed by atoms with E-state index in [2.05, 4.69) is 40.6 Å². The molecule has 7 nitrogen and oxygen atoms in total. The number of imidazole rings is 1. The SMILES string of the molecule is CC(=O)OC1(C)CCN(c2nc(C(C)(C)C)nc3nc[nH]c23)C1. The number of hydrogen-bond acceptors (Lipinski definition) is 6. The molecular formula is C16H23N5O2. The lowest BCUT2D eigenvalue weighted by Gasteiger charge is -2.25. The fourth-order valence-corrected chi connectivity index (χ4v) is 2.93. The highest BCUT2D eigenvalue weighted by Gasteiger charge is 2.38. The summed E-state index contributed by atoms with van der Waals surface area (Å²) in [6, 6.07) is 0. The zero-order valence-electron chi connectivity index (χ0n) is 14.3. The predicted molar refractivity (Wildman–Crippen MR) is 87.4 cm³/mol. The smallest absolute Gasteiger partial charge is 0.303 e. The van der Waals surface area contributed by atoms with Gasteiger partial charge in [0.25, 0.3) is 0 Å². The van der Waals surface area contributed by atoms with Crippen LogP contribution in [0.4, 0.5) is 5.82 Å². The summed E-state index contributed by atoms with van der Waals surface area (Å²) < 4.78 is 5.49. The van der Waals surface area contributed by atoms with E-state index >= 15 is 0 Å². The average Bonchev–Trinajstić information content (AvgIpc) is 3.02. The minimum absolute atomic E-state index is 0.166. The van der Waals surface area contributed by atoms with Crippen LogP contribution in [-0.2, 0) is 14.9 Å². The molecule has 1 saturated heterocycles. The Labute approximate surface area is 135 Å². The third-order valence-corrected chi connectivity index (χ3v) is 4.06. The van der Waals surface area contributed by atoms with Gasteiger partial charge in [0.15, 0.2) is 11.5 Å². The second-order valence-electron chi connectivity index (χ2n) is 7.44. The number of carbonyl (C=O) groups is 1. The molecule has 0 saturated carbocycles. The van der Waals surface area contributed by atoms with Crippen molar-refractivity contribution >= 4 is 23.0 Å². The number of esters is 1. The summed E-state index contributed by atoms with van der Waals surface area (Å²) in [7, 11) is 0. The highest BCUT2D eigenvalue weighted by atomic mass is 16.6. The maximum atomic E-state index is 11.3. The Kier molecular flexibility index (Phi) is 3.54. The molecule has 0 aliphatic carbocycles. The molecule has 23 heavy (non-hydrogen) atoms. The van der Waals surface area contributed by atoms with E-state index in [1.54, 1.807) is 6.33 Å². The minimum atomic E-state index is -0.481. The van der Waals surface area contributed by atoms with Gasteiger partial charge in [-0.15, -0.1) is 0 Å². The molecule has 2 aromatic rings. The molecule has 1 fully saturated rings. The van der Waals surface area contributed by atoms with Crippen LogP contribution in [-0.4, -0.2) is 44.6 Å². The molecular weight excluding hydrogens is 294 g/mol. The number of H-pyrrole nitrogens is 1. The van der Waals surface area contributed by atoms with Gasteiger partial charge in [-0.25, -0.2) is 15.0 Å². The highest BCUT2D eigenvalue weighted by molar-refractivity contribution is 5.83. The van der Waals surface area contributed by atoms with Crippen LogP contribution in [0.5, 0.6) is 0 Å². The van der Waals surface area contributed by atoms with Gasteiger partial charge in [-0.05, 0) is 6.92 Å². The third-order valence-electron chi connectivity index (χ3n) is 4.06. The Balaban J connectivity index is 2.00. The number of anilines is 1. The van der Waals surface area contributed by atoms with Crippen molar-refractivity contribution in [1.29, 1.82) is 0 Å². The van der Waals surface area contributed by atoms with Gasteiger partial charge >= 0.3 is 5.97 Å². The Hall–Kier alpha value is -2.18. The number of ether oxygens (including phenoxy) is 1. The normalized spacial score (nSPS) is 21.9. The van der Waals surface area contributed by atoms with E-state index in [1.165, 1.54) is 6.92 Å². The molecule has 0 radical (unpaired) electrons. The van der Waals surface area contributed by atoms with Gasteiger partial charge in [0.05, 0.1) is 12.9 Å². The van der Waals surface area contributed by atoms with Gasteiger partial charge in [0.1, 0.15) is 16.9 Å². The van der Waals surface area contributed by atoms with Gasteiger partial charge in [0.2, 0.25) is 0 Å². The molecule has 1 aliphatic rings. The molecule has 1 N–H and O–H groups in total. The molecule has 3 rings (SSSR count).